The summed E-state index contributed by atoms with van der Waals surface area (Å²) in [7, 11) is -4.03. The molecule has 0 saturated carbocycles. The second kappa shape index (κ2) is 9.06. The Morgan fingerprint density at radius 3 is 2.73 bits per heavy atom. The van der Waals surface area contributed by atoms with Gasteiger partial charge in [0.25, 0.3) is 0 Å². The number of carbonyl (C=O) groups excluding carboxylic acids is 2. The number of hydrogen-bond acceptors (Lipinski definition) is 7. The summed E-state index contributed by atoms with van der Waals surface area (Å²) >= 11 is 0. The zero-order chi connectivity index (χ0) is 23.8. The van der Waals surface area contributed by atoms with Crippen molar-refractivity contribution in [1.29, 1.82) is 0 Å². The summed E-state index contributed by atoms with van der Waals surface area (Å²) in [4.78, 5) is 28.3. The number of H-pyrrole nitrogens is 1. The van der Waals surface area contributed by atoms with Gasteiger partial charge in [-0.1, -0.05) is 0 Å². The molecule has 11 heteroatoms. The standard InChI is InChI=1S/C22H27N3O7S/c1-4-30-22(27)19-13(2)23-14(3)20(19)33(28,29)25-9-5-6-15(11-25)21(26)24-16-7-8-17-18(10-16)32-12-31-17/h7-8,10,15,23H,4-6,9,11-12H2,1-3H3,(H,24,26)/t15-/m1/s1. The van der Waals surface area contributed by atoms with Crippen molar-refractivity contribution < 1.29 is 32.2 Å². The molecule has 10 nitrogen and oxygen atoms in total. The number of anilines is 1. The number of aryl methyl sites for hydroxylation is 2. The van der Waals surface area contributed by atoms with Gasteiger partial charge in [0.05, 0.1) is 12.5 Å². The first-order chi connectivity index (χ1) is 15.7. The number of fused-ring (bicyclic) bond motifs is 1. The lowest BCUT2D eigenvalue weighted by Crippen LogP contribution is -2.44. The van der Waals surface area contributed by atoms with Crippen LogP contribution in [0.4, 0.5) is 5.69 Å². The largest absolute Gasteiger partial charge is 0.462 e. The number of benzene rings is 1. The summed E-state index contributed by atoms with van der Waals surface area (Å²) in [6.45, 7) is 5.45. The molecule has 0 bridgehead atoms. The fourth-order valence-electron chi connectivity index (χ4n) is 4.25. The smallest absolute Gasteiger partial charge is 0.341 e. The molecule has 3 heterocycles. The van der Waals surface area contributed by atoms with Crippen LogP contribution in [0.5, 0.6) is 11.5 Å². The number of piperidine rings is 1. The third-order valence-electron chi connectivity index (χ3n) is 5.79. The maximum Gasteiger partial charge on any atom is 0.341 e. The molecule has 1 aromatic heterocycles. The number of rotatable bonds is 6. The first-order valence-electron chi connectivity index (χ1n) is 10.8. The molecular weight excluding hydrogens is 450 g/mol. The summed E-state index contributed by atoms with van der Waals surface area (Å²) in [6, 6.07) is 5.10. The van der Waals surface area contributed by atoms with E-state index in [0.717, 1.165) is 0 Å². The molecule has 4 rings (SSSR count). The molecule has 1 atom stereocenters. The molecule has 2 N–H and O–H groups in total. The molecular formula is C22H27N3O7S. The van der Waals surface area contributed by atoms with Crippen LogP contribution < -0.4 is 14.8 Å². The van der Waals surface area contributed by atoms with E-state index in [1.807, 2.05) is 0 Å². The van der Waals surface area contributed by atoms with E-state index in [9.17, 15) is 18.0 Å². The summed E-state index contributed by atoms with van der Waals surface area (Å²) in [5.74, 6) is -0.346. The number of aromatic amines is 1. The van der Waals surface area contributed by atoms with E-state index < -0.39 is 21.9 Å². The molecule has 0 spiro atoms. The quantitative estimate of drug-likeness (QED) is 0.612. The Hall–Kier alpha value is -3.05. The van der Waals surface area contributed by atoms with Crippen molar-refractivity contribution in [3.8, 4) is 11.5 Å². The minimum absolute atomic E-state index is 0.0151. The van der Waals surface area contributed by atoms with Gasteiger partial charge in [-0.15, -0.1) is 0 Å². The van der Waals surface area contributed by atoms with Crippen LogP contribution in [0.25, 0.3) is 0 Å². The summed E-state index contributed by atoms with van der Waals surface area (Å²) in [6.07, 6.45) is 1.08. The molecule has 0 unspecified atom stereocenters. The van der Waals surface area contributed by atoms with Crippen LogP contribution in [0.1, 0.15) is 41.5 Å². The number of ether oxygens (including phenoxy) is 3. The van der Waals surface area contributed by atoms with E-state index >= 15 is 0 Å². The van der Waals surface area contributed by atoms with Gasteiger partial charge >= 0.3 is 5.97 Å². The van der Waals surface area contributed by atoms with Gasteiger partial charge in [0.2, 0.25) is 22.7 Å². The summed E-state index contributed by atoms with van der Waals surface area (Å²) < 4.78 is 44.1. The molecule has 178 valence electrons. The third kappa shape index (κ3) is 4.42. The normalized spacial score (nSPS) is 18.2. The Morgan fingerprint density at radius 1 is 1.21 bits per heavy atom. The zero-order valence-electron chi connectivity index (χ0n) is 18.8. The van der Waals surface area contributed by atoms with Gasteiger partial charge in [0.15, 0.2) is 11.5 Å². The van der Waals surface area contributed by atoms with E-state index in [1.165, 1.54) is 4.31 Å². The fourth-order valence-corrected chi connectivity index (χ4v) is 6.19. The van der Waals surface area contributed by atoms with E-state index in [-0.39, 0.29) is 42.9 Å². The Bertz CT molecular complexity index is 1190. The van der Waals surface area contributed by atoms with Gasteiger partial charge in [-0.25, -0.2) is 13.2 Å². The highest BCUT2D eigenvalue weighted by atomic mass is 32.2. The van der Waals surface area contributed by atoms with Crippen LogP contribution >= 0.6 is 0 Å². The topological polar surface area (TPSA) is 127 Å². The number of nitrogens with one attached hydrogen (secondary N) is 2. The number of sulfonamides is 1. The number of esters is 1. The van der Waals surface area contributed by atoms with Crippen molar-refractivity contribution in [2.75, 3.05) is 31.8 Å². The monoisotopic (exact) mass is 477 g/mol. The molecule has 2 aliphatic rings. The SMILES string of the molecule is CCOC(=O)c1c(C)[nH]c(C)c1S(=O)(=O)N1CCC[C@@H](C(=O)Nc2ccc3c(c2)OCO3)C1. The van der Waals surface area contributed by atoms with Crippen molar-refractivity contribution in [2.45, 2.75) is 38.5 Å². The first-order valence-corrected chi connectivity index (χ1v) is 12.2. The van der Waals surface area contributed by atoms with Gasteiger partial charge in [0, 0.05) is 36.2 Å². The van der Waals surface area contributed by atoms with E-state index in [1.54, 1.807) is 39.0 Å². The lowest BCUT2D eigenvalue weighted by atomic mass is 9.98. The lowest BCUT2D eigenvalue weighted by Gasteiger charge is -2.31. The van der Waals surface area contributed by atoms with Crippen LogP contribution in [-0.4, -0.2) is 56.1 Å². The molecule has 33 heavy (non-hydrogen) atoms. The van der Waals surface area contributed by atoms with E-state index in [0.29, 0.717) is 41.4 Å². The van der Waals surface area contributed by atoms with Crippen molar-refractivity contribution >= 4 is 27.6 Å². The summed E-state index contributed by atoms with van der Waals surface area (Å²) in [5.41, 5.74) is 1.35. The van der Waals surface area contributed by atoms with Crippen LogP contribution in [0.15, 0.2) is 23.1 Å². The van der Waals surface area contributed by atoms with Gasteiger partial charge in [-0.2, -0.15) is 4.31 Å². The average Bonchev–Trinajstić information content (AvgIpc) is 3.37. The number of nitrogens with zero attached hydrogens (tertiary/aromatic N) is 1. The Kier molecular flexibility index (Phi) is 6.35. The molecule has 1 saturated heterocycles. The number of hydrogen-bond donors (Lipinski definition) is 2. The Morgan fingerprint density at radius 2 is 1.97 bits per heavy atom. The molecule has 1 amide bonds. The Balaban J connectivity index is 1.53. The van der Waals surface area contributed by atoms with Crippen molar-refractivity contribution in [2.24, 2.45) is 5.92 Å². The molecule has 0 radical (unpaired) electrons. The minimum atomic E-state index is -4.03. The van der Waals surface area contributed by atoms with E-state index in [2.05, 4.69) is 10.3 Å². The number of amides is 1. The van der Waals surface area contributed by atoms with Crippen LogP contribution in [0, 0.1) is 19.8 Å². The fraction of sp³-hybridized carbons (Fsp3) is 0.455. The summed E-state index contributed by atoms with van der Waals surface area (Å²) in [5, 5.41) is 2.84. The van der Waals surface area contributed by atoms with Crippen molar-refractivity contribution in [1.82, 2.24) is 9.29 Å². The molecule has 1 aromatic carbocycles. The number of carbonyl (C=O) groups is 2. The molecule has 0 aliphatic carbocycles. The predicted molar refractivity (Wildman–Crippen MR) is 119 cm³/mol. The van der Waals surface area contributed by atoms with Crippen LogP contribution in [-0.2, 0) is 19.6 Å². The first kappa shape index (κ1) is 23.1. The second-order valence-corrected chi connectivity index (χ2v) is 9.93. The Labute approximate surface area is 192 Å². The average molecular weight is 478 g/mol. The predicted octanol–water partition coefficient (Wildman–Crippen LogP) is 2.58. The maximum absolute atomic E-state index is 13.5. The van der Waals surface area contributed by atoms with Crippen molar-refractivity contribution in [3.05, 3.63) is 35.2 Å². The molecule has 2 aliphatic heterocycles. The van der Waals surface area contributed by atoms with Crippen LogP contribution in [0.2, 0.25) is 0 Å². The van der Waals surface area contributed by atoms with Gasteiger partial charge in [-0.05, 0) is 45.7 Å². The number of aromatic nitrogens is 1. The minimum Gasteiger partial charge on any atom is -0.462 e. The molecule has 2 aromatic rings. The highest BCUT2D eigenvalue weighted by Gasteiger charge is 2.38. The van der Waals surface area contributed by atoms with Gasteiger partial charge in [0.1, 0.15) is 10.5 Å². The van der Waals surface area contributed by atoms with Crippen LogP contribution in [0.3, 0.4) is 0 Å². The van der Waals surface area contributed by atoms with Gasteiger partial charge < -0.3 is 24.5 Å². The van der Waals surface area contributed by atoms with Crippen molar-refractivity contribution in [3.63, 3.8) is 0 Å². The third-order valence-corrected chi connectivity index (χ3v) is 7.83. The maximum atomic E-state index is 13.5. The highest BCUT2D eigenvalue weighted by Crippen LogP contribution is 2.35. The highest BCUT2D eigenvalue weighted by molar-refractivity contribution is 7.89. The molecule has 1 fully saturated rings. The zero-order valence-corrected chi connectivity index (χ0v) is 19.6. The van der Waals surface area contributed by atoms with E-state index in [4.69, 9.17) is 14.2 Å². The van der Waals surface area contributed by atoms with Gasteiger partial charge in [-0.3, -0.25) is 4.79 Å². The lowest BCUT2D eigenvalue weighted by molar-refractivity contribution is -0.120. The second-order valence-electron chi connectivity index (χ2n) is 8.06.